The van der Waals surface area contributed by atoms with Crippen molar-refractivity contribution in [2.24, 2.45) is 0 Å². The van der Waals surface area contributed by atoms with Gasteiger partial charge >= 0.3 is 0 Å². The average Bonchev–Trinajstić information content (AvgIpc) is 2.72. The molecule has 1 amide bonds. The molecular weight excluding hydrogens is 375 g/mol. The largest absolute Gasteiger partial charge is 0.496 e. The average molecular weight is 402 g/mol. The molecule has 0 saturated carbocycles. The predicted molar refractivity (Wildman–Crippen MR) is 109 cm³/mol. The number of rotatable bonds is 5. The number of carbonyl (C=O) groups excluding carboxylic acids is 1. The monoisotopic (exact) mass is 402 g/mol. The van der Waals surface area contributed by atoms with E-state index in [9.17, 15) is 14.0 Å². The van der Waals surface area contributed by atoms with E-state index in [4.69, 9.17) is 4.74 Å². The van der Waals surface area contributed by atoms with Crippen LogP contribution in [-0.2, 0) is 0 Å². The van der Waals surface area contributed by atoms with E-state index < -0.39 is 5.82 Å². The summed E-state index contributed by atoms with van der Waals surface area (Å²) in [6.45, 7) is 4.95. The van der Waals surface area contributed by atoms with E-state index >= 15 is 0 Å². The molecule has 0 spiro atoms. The molecule has 2 heterocycles. The van der Waals surface area contributed by atoms with Gasteiger partial charge in [0.15, 0.2) is 0 Å². The summed E-state index contributed by atoms with van der Waals surface area (Å²) in [4.78, 5) is 29.2. The minimum Gasteiger partial charge on any atom is -0.496 e. The number of anilines is 1. The van der Waals surface area contributed by atoms with Gasteiger partial charge in [0.05, 0.1) is 30.6 Å². The van der Waals surface area contributed by atoms with Gasteiger partial charge in [0.2, 0.25) is 0 Å². The van der Waals surface area contributed by atoms with Crippen LogP contribution in [-0.4, -0.2) is 53.9 Å². The molecule has 156 valence electrons. The molecule has 1 aromatic heterocycles. The van der Waals surface area contributed by atoms with Gasteiger partial charge in [-0.05, 0) is 44.9 Å². The van der Waals surface area contributed by atoms with Crippen LogP contribution in [0.5, 0.6) is 5.75 Å². The van der Waals surface area contributed by atoms with Gasteiger partial charge in [-0.15, -0.1) is 0 Å². The highest BCUT2D eigenvalue weighted by Gasteiger charge is 2.28. The zero-order chi connectivity index (χ0) is 21.1. The van der Waals surface area contributed by atoms with E-state index in [1.807, 2.05) is 25.8 Å². The molecule has 0 bridgehead atoms. The molecule has 8 heteroatoms. The molecule has 1 unspecified atom stereocenters. The predicted octanol–water partition coefficient (Wildman–Crippen LogP) is 2.71. The zero-order valence-electron chi connectivity index (χ0n) is 17.3. The summed E-state index contributed by atoms with van der Waals surface area (Å²) in [5, 5.41) is 4.36. The molecule has 1 fully saturated rings. The van der Waals surface area contributed by atoms with Gasteiger partial charge in [-0.1, -0.05) is 0 Å². The number of nitrogens with zero attached hydrogens (tertiary/aromatic N) is 4. The van der Waals surface area contributed by atoms with E-state index in [0.717, 1.165) is 18.5 Å². The van der Waals surface area contributed by atoms with Gasteiger partial charge in [-0.3, -0.25) is 9.59 Å². The standard InChI is InChI=1S/C21H27FN4O3/c1-14(2)24(3)17-11-20(27)26(23-12-17)16-6-5-9-25(13-16)21(28)18-10-15(22)7-8-19(18)29-4/h7-8,10-12,14,16H,5-6,9,13H2,1-4H3. The summed E-state index contributed by atoms with van der Waals surface area (Å²) in [5.41, 5.74) is 0.745. The number of halogens is 1. The Bertz CT molecular complexity index is 944. The van der Waals surface area contributed by atoms with Gasteiger partial charge in [0.1, 0.15) is 11.6 Å². The lowest BCUT2D eigenvalue weighted by molar-refractivity contribution is 0.0666. The van der Waals surface area contributed by atoms with Crippen molar-refractivity contribution in [2.75, 3.05) is 32.1 Å². The van der Waals surface area contributed by atoms with Crippen molar-refractivity contribution in [3.63, 3.8) is 0 Å². The van der Waals surface area contributed by atoms with Crippen LogP contribution >= 0.6 is 0 Å². The van der Waals surface area contributed by atoms with Crippen molar-refractivity contribution in [1.82, 2.24) is 14.7 Å². The molecule has 1 aliphatic heterocycles. The maximum atomic E-state index is 13.7. The Morgan fingerprint density at radius 1 is 1.34 bits per heavy atom. The third-order valence-corrected chi connectivity index (χ3v) is 5.41. The van der Waals surface area contributed by atoms with Crippen LogP contribution in [0.4, 0.5) is 10.1 Å². The third kappa shape index (κ3) is 4.41. The highest BCUT2D eigenvalue weighted by atomic mass is 19.1. The topological polar surface area (TPSA) is 67.7 Å². The highest BCUT2D eigenvalue weighted by molar-refractivity contribution is 5.97. The second kappa shape index (κ2) is 8.63. The van der Waals surface area contributed by atoms with Crippen LogP contribution in [0.3, 0.4) is 0 Å². The Morgan fingerprint density at radius 3 is 2.76 bits per heavy atom. The fourth-order valence-corrected chi connectivity index (χ4v) is 3.53. The van der Waals surface area contributed by atoms with E-state index in [1.165, 1.54) is 30.0 Å². The van der Waals surface area contributed by atoms with Gasteiger partial charge in [-0.2, -0.15) is 5.10 Å². The summed E-state index contributed by atoms with van der Waals surface area (Å²) in [6.07, 6.45) is 3.16. The Kier molecular flexibility index (Phi) is 6.20. The van der Waals surface area contributed by atoms with Gasteiger partial charge in [0.25, 0.3) is 11.5 Å². The maximum absolute atomic E-state index is 13.7. The number of hydrogen-bond acceptors (Lipinski definition) is 5. The number of carbonyl (C=O) groups is 1. The van der Waals surface area contributed by atoms with E-state index in [1.54, 1.807) is 17.2 Å². The molecule has 29 heavy (non-hydrogen) atoms. The van der Waals surface area contributed by atoms with Crippen LogP contribution in [0.1, 0.15) is 43.1 Å². The van der Waals surface area contributed by atoms with Crippen LogP contribution in [0.15, 0.2) is 35.3 Å². The lowest BCUT2D eigenvalue weighted by Crippen LogP contribution is -2.43. The van der Waals surface area contributed by atoms with Crippen molar-refractivity contribution in [3.8, 4) is 5.75 Å². The molecule has 3 rings (SSSR count). The molecule has 0 radical (unpaired) electrons. The molecule has 1 aliphatic rings. The van der Waals surface area contributed by atoms with E-state index in [0.29, 0.717) is 18.8 Å². The van der Waals surface area contributed by atoms with Gasteiger partial charge < -0.3 is 14.5 Å². The normalized spacial score (nSPS) is 16.8. The molecule has 1 saturated heterocycles. The smallest absolute Gasteiger partial charge is 0.269 e. The SMILES string of the molecule is COc1ccc(F)cc1C(=O)N1CCCC(n2ncc(N(C)C(C)C)cc2=O)C1. The molecule has 0 aliphatic carbocycles. The molecule has 1 aromatic carbocycles. The van der Waals surface area contributed by atoms with Crippen molar-refractivity contribution in [2.45, 2.75) is 38.8 Å². The lowest BCUT2D eigenvalue weighted by Gasteiger charge is -2.33. The first-order chi connectivity index (χ1) is 13.8. The molecule has 0 N–H and O–H groups in total. The minimum atomic E-state index is -0.495. The van der Waals surface area contributed by atoms with Crippen LogP contribution in [0.25, 0.3) is 0 Å². The second-order valence-corrected chi connectivity index (χ2v) is 7.59. The van der Waals surface area contributed by atoms with E-state index in [-0.39, 0.29) is 29.1 Å². The Balaban J connectivity index is 1.82. The Labute approximate surface area is 169 Å². The Morgan fingerprint density at radius 2 is 2.10 bits per heavy atom. The molecule has 7 nitrogen and oxygen atoms in total. The second-order valence-electron chi connectivity index (χ2n) is 7.59. The number of piperidine rings is 1. The summed E-state index contributed by atoms with van der Waals surface area (Å²) < 4.78 is 20.3. The number of likely N-dealkylation sites (tertiary alicyclic amines) is 1. The number of methoxy groups -OCH3 is 1. The van der Waals surface area contributed by atoms with Crippen molar-refractivity contribution >= 4 is 11.6 Å². The Hall–Kier alpha value is -2.90. The summed E-state index contributed by atoms with van der Waals surface area (Å²) in [5.74, 6) is -0.476. The van der Waals surface area contributed by atoms with Crippen LogP contribution in [0.2, 0.25) is 0 Å². The number of hydrogen-bond donors (Lipinski definition) is 0. The summed E-state index contributed by atoms with van der Waals surface area (Å²) in [6, 6.07) is 5.48. The van der Waals surface area contributed by atoms with Crippen LogP contribution in [0, 0.1) is 5.82 Å². The maximum Gasteiger partial charge on any atom is 0.269 e. The first kappa shape index (κ1) is 20.8. The van der Waals surface area contributed by atoms with Crippen molar-refractivity contribution < 1.29 is 13.9 Å². The number of amides is 1. The highest BCUT2D eigenvalue weighted by Crippen LogP contribution is 2.26. The number of benzene rings is 1. The van der Waals surface area contributed by atoms with Crippen LogP contribution < -0.4 is 15.2 Å². The fraction of sp³-hybridized carbons (Fsp3) is 0.476. The summed E-state index contributed by atoms with van der Waals surface area (Å²) >= 11 is 0. The zero-order valence-corrected chi connectivity index (χ0v) is 17.3. The fourth-order valence-electron chi connectivity index (χ4n) is 3.53. The molecule has 1 atom stereocenters. The first-order valence-electron chi connectivity index (χ1n) is 9.76. The van der Waals surface area contributed by atoms with Gasteiger partial charge in [0, 0.05) is 32.2 Å². The third-order valence-electron chi connectivity index (χ3n) is 5.41. The van der Waals surface area contributed by atoms with Crippen molar-refractivity contribution in [1.29, 1.82) is 0 Å². The van der Waals surface area contributed by atoms with Gasteiger partial charge in [-0.25, -0.2) is 9.07 Å². The first-order valence-corrected chi connectivity index (χ1v) is 9.76. The lowest BCUT2D eigenvalue weighted by atomic mass is 10.0. The quantitative estimate of drug-likeness (QED) is 0.769. The number of ether oxygens (including phenoxy) is 1. The van der Waals surface area contributed by atoms with E-state index in [2.05, 4.69) is 5.10 Å². The summed E-state index contributed by atoms with van der Waals surface area (Å²) in [7, 11) is 3.36. The van der Waals surface area contributed by atoms with Crippen molar-refractivity contribution in [3.05, 3.63) is 52.2 Å². The molecule has 2 aromatic rings. The minimum absolute atomic E-state index is 0.183. The number of aromatic nitrogens is 2. The molecular formula is C21H27FN4O3.